The first-order valence-corrected chi connectivity index (χ1v) is 13.0. The molecule has 2 aliphatic heterocycles. The number of benzene rings is 2. The SMILES string of the molecule is O=C(Nc1ccc(-c2nnc3n2CCCCC3)cc1)c1ccccc1SCC(=O)N1CCCC1. The average Bonchev–Trinajstić information content (AvgIpc) is 3.49. The summed E-state index contributed by atoms with van der Waals surface area (Å²) in [6.07, 6.45) is 6.66. The van der Waals surface area contributed by atoms with E-state index in [1.807, 2.05) is 47.4 Å². The summed E-state index contributed by atoms with van der Waals surface area (Å²) in [6, 6.07) is 15.2. The number of likely N-dealkylation sites (tertiary alicyclic amines) is 1. The molecule has 0 aliphatic carbocycles. The molecule has 176 valence electrons. The van der Waals surface area contributed by atoms with Crippen molar-refractivity contribution in [3.63, 3.8) is 0 Å². The zero-order valence-electron chi connectivity index (χ0n) is 19.2. The molecule has 1 fully saturated rings. The smallest absolute Gasteiger partial charge is 0.256 e. The molecule has 3 aromatic rings. The molecule has 2 aliphatic rings. The second-order valence-corrected chi connectivity index (χ2v) is 9.82. The molecular weight excluding hydrogens is 446 g/mol. The van der Waals surface area contributed by atoms with E-state index in [4.69, 9.17) is 0 Å². The number of aromatic nitrogens is 3. The summed E-state index contributed by atoms with van der Waals surface area (Å²) in [5.41, 5.74) is 2.29. The number of hydrogen-bond donors (Lipinski definition) is 1. The first kappa shape index (κ1) is 22.7. The van der Waals surface area contributed by atoms with Crippen molar-refractivity contribution in [2.75, 3.05) is 24.2 Å². The van der Waals surface area contributed by atoms with Crippen molar-refractivity contribution in [2.45, 2.75) is 50.0 Å². The van der Waals surface area contributed by atoms with Crippen LogP contribution < -0.4 is 5.32 Å². The van der Waals surface area contributed by atoms with Crippen molar-refractivity contribution >= 4 is 29.3 Å². The fraction of sp³-hybridized carbons (Fsp3) is 0.385. The van der Waals surface area contributed by atoms with Gasteiger partial charge in [-0.1, -0.05) is 18.6 Å². The second-order valence-electron chi connectivity index (χ2n) is 8.81. The van der Waals surface area contributed by atoms with E-state index in [-0.39, 0.29) is 11.8 Å². The Morgan fingerprint density at radius 2 is 1.65 bits per heavy atom. The number of carbonyl (C=O) groups excluding carboxylic acids is 2. The molecule has 1 saturated heterocycles. The van der Waals surface area contributed by atoms with E-state index in [0.29, 0.717) is 11.3 Å². The number of nitrogens with one attached hydrogen (secondary N) is 1. The monoisotopic (exact) mass is 475 g/mol. The summed E-state index contributed by atoms with van der Waals surface area (Å²) in [6.45, 7) is 2.63. The van der Waals surface area contributed by atoms with Crippen molar-refractivity contribution < 1.29 is 9.59 Å². The molecule has 0 bridgehead atoms. The molecule has 0 saturated carbocycles. The number of nitrogens with zero attached hydrogens (tertiary/aromatic N) is 4. The molecule has 8 heteroatoms. The van der Waals surface area contributed by atoms with Crippen LogP contribution in [0.5, 0.6) is 0 Å². The minimum atomic E-state index is -0.180. The Kier molecular flexibility index (Phi) is 6.94. The highest BCUT2D eigenvalue weighted by atomic mass is 32.2. The summed E-state index contributed by atoms with van der Waals surface area (Å²) < 4.78 is 2.22. The van der Waals surface area contributed by atoms with E-state index in [2.05, 4.69) is 20.1 Å². The van der Waals surface area contributed by atoms with Crippen LogP contribution in [0.25, 0.3) is 11.4 Å². The molecule has 3 heterocycles. The van der Waals surface area contributed by atoms with Gasteiger partial charge in [0.25, 0.3) is 5.91 Å². The van der Waals surface area contributed by atoms with Crippen molar-refractivity contribution in [3.8, 4) is 11.4 Å². The van der Waals surface area contributed by atoms with Crippen molar-refractivity contribution in [3.05, 3.63) is 59.9 Å². The lowest BCUT2D eigenvalue weighted by Crippen LogP contribution is -2.29. The van der Waals surface area contributed by atoms with Gasteiger partial charge in [0.15, 0.2) is 5.82 Å². The molecule has 2 amide bonds. The lowest BCUT2D eigenvalue weighted by atomic mass is 10.1. The Hall–Kier alpha value is -3.13. The van der Waals surface area contributed by atoms with Gasteiger partial charge in [-0.25, -0.2) is 0 Å². The van der Waals surface area contributed by atoms with Crippen LogP contribution in [0.3, 0.4) is 0 Å². The number of thioether (sulfide) groups is 1. The third-order valence-corrected chi connectivity index (χ3v) is 7.51. The van der Waals surface area contributed by atoms with E-state index in [1.165, 1.54) is 18.2 Å². The summed E-state index contributed by atoms with van der Waals surface area (Å²) in [7, 11) is 0. The fourth-order valence-electron chi connectivity index (χ4n) is 4.58. The second kappa shape index (κ2) is 10.4. The molecule has 0 unspecified atom stereocenters. The Morgan fingerprint density at radius 3 is 2.47 bits per heavy atom. The van der Waals surface area contributed by atoms with E-state index in [9.17, 15) is 9.59 Å². The molecule has 5 rings (SSSR count). The number of aryl methyl sites for hydroxylation is 1. The van der Waals surface area contributed by atoms with Gasteiger partial charge in [-0.05, 0) is 62.1 Å². The van der Waals surface area contributed by atoms with Gasteiger partial charge in [0.1, 0.15) is 5.82 Å². The van der Waals surface area contributed by atoms with Crippen LogP contribution in [0.2, 0.25) is 0 Å². The third kappa shape index (κ3) is 5.01. The molecule has 34 heavy (non-hydrogen) atoms. The van der Waals surface area contributed by atoms with Crippen LogP contribution in [0.1, 0.15) is 48.3 Å². The van der Waals surface area contributed by atoms with Gasteiger partial charge in [0, 0.05) is 42.2 Å². The molecule has 7 nitrogen and oxygen atoms in total. The lowest BCUT2D eigenvalue weighted by Gasteiger charge is -2.15. The number of anilines is 1. The Balaban J connectivity index is 1.25. The van der Waals surface area contributed by atoms with Gasteiger partial charge >= 0.3 is 0 Å². The summed E-state index contributed by atoms with van der Waals surface area (Å²) >= 11 is 1.43. The van der Waals surface area contributed by atoms with Gasteiger partial charge in [-0.15, -0.1) is 22.0 Å². The lowest BCUT2D eigenvalue weighted by molar-refractivity contribution is -0.127. The standard InChI is InChI=1S/C26H29N5O2S/c32-24(30-15-6-7-16-30)18-34-22-9-4-3-8-21(22)26(33)27-20-13-11-19(12-14-20)25-29-28-23-10-2-1-5-17-31(23)25/h3-4,8-9,11-14H,1-2,5-7,10,15-18H2,(H,27,33). The van der Waals surface area contributed by atoms with Crippen LogP contribution in [0.15, 0.2) is 53.4 Å². The quantitative estimate of drug-likeness (QED) is 0.526. The van der Waals surface area contributed by atoms with Gasteiger partial charge in [0.05, 0.1) is 11.3 Å². The first-order valence-electron chi connectivity index (χ1n) is 12.0. The van der Waals surface area contributed by atoms with Crippen LogP contribution in [-0.2, 0) is 17.8 Å². The number of fused-ring (bicyclic) bond motifs is 1. The fourth-order valence-corrected chi connectivity index (χ4v) is 5.53. The zero-order chi connectivity index (χ0) is 23.3. The summed E-state index contributed by atoms with van der Waals surface area (Å²) in [5.74, 6) is 2.25. The zero-order valence-corrected chi connectivity index (χ0v) is 20.0. The number of carbonyl (C=O) groups is 2. The number of hydrogen-bond acceptors (Lipinski definition) is 5. The van der Waals surface area contributed by atoms with Crippen LogP contribution >= 0.6 is 11.8 Å². The van der Waals surface area contributed by atoms with E-state index in [1.54, 1.807) is 6.07 Å². The van der Waals surface area contributed by atoms with Crippen LogP contribution in [0, 0.1) is 0 Å². The predicted octanol–water partition coefficient (Wildman–Crippen LogP) is 4.64. The van der Waals surface area contributed by atoms with Crippen LogP contribution in [0.4, 0.5) is 5.69 Å². The average molecular weight is 476 g/mol. The third-order valence-electron chi connectivity index (χ3n) is 6.45. The highest BCUT2D eigenvalue weighted by Gasteiger charge is 2.20. The van der Waals surface area contributed by atoms with E-state index < -0.39 is 0 Å². The highest BCUT2D eigenvalue weighted by Crippen LogP contribution is 2.26. The van der Waals surface area contributed by atoms with Crippen LogP contribution in [-0.4, -0.2) is 50.3 Å². The van der Waals surface area contributed by atoms with Crippen molar-refractivity contribution in [1.82, 2.24) is 19.7 Å². The normalized spacial score (nSPS) is 15.6. The van der Waals surface area contributed by atoms with Gasteiger partial charge in [0.2, 0.25) is 5.91 Å². The number of amides is 2. The Bertz CT molecular complexity index is 1170. The molecule has 0 radical (unpaired) electrons. The summed E-state index contributed by atoms with van der Waals surface area (Å²) in [4.78, 5) is 28.2. The largest absolute Gasteiger partial charge is 0.342 e. The molecule has 0 atom stereocenters. The van der Waals surface area contributed by atoms with Crippen molar-refractivity contribution in [1.29, 1.82) is 0 Å². The molecule has 1 N–H and O–H groups in total. The van der Waals surface area contributed by atoms with E-state index >= 15 is 0 Å². The Labute approximate surface area is 203 Å². The maximum atomic E-state index is 13.0. The van der Waals surface area contributed by atoms with E-state index in [0.717, 1.165) is 79.5 Å². The minimum Gasteiger partial charge on any atom is -0.342 e. The topological polar surface area (TPSA) is 80.1 Å². The number of rotatable bonds is 6. The summed E-state index contributed by atoms with van der Waals surface area (Å²) in [5, 5.41) is 11.8. The molecule has 2 aromatic carbocycles. The molecule has 1 aromatic heterocycles. The van der Waals surface area contributed by atoms with Gasteiger partial charge in [-0.2, -0.15) is 0 Å². The maximum Gasteiger partial charge on any atom is 0.256 e. The maximum absolute atomic E-state index is 13.0. The predicted molar refractivity (Wildman–Crippen MR) is 134 cm³/mol. The van der Waals surface area contributed by atoms with Gasteiger partial charge in [-0.3, -0.25) is 9.59 Å². The molecule has 0 spiro atoms. The highest BCUT2D eigenvalue weighted by molar-refractivity contribution is 8.00. The van der Waals surface area contributed by atoms with Crippen molar-refractivity contribution in [2.24, 2.45) is 0 Å². The van der Waals surface area contributed by atoms with Gasteiger partial charge < -0.3 is 14.8 Å². The first-order chi connectivity index (χ1) is 16.7. The minimum absolute atomic E-state index is 0.139. The molecular formula is C26H29N5O2S. The Morgan fingerprint density at radius 1 is 0.882 bits per heavy atom.